The number of hydrogen-bond donors (Lipinski definition) is 2. The van der Waals surface area contributed by atoms with Crippen molar-refractivity contribution in [1.82, 2.24) is 5.32 Å². The van der Waals surface area contributed by atoms with Crippen molar-refractivity contribution in [2.24, 2.45) is 0 Å². The minimum atomic E-state index is -0.627. The van der Waals surface area contributed by atoms with Crippen molar-refractivity contribution < 1.29 is 14.5 Å². The molecule has 1 rings (SSSR count). The van der Waals surface area contributed by atoms with Crippen LogP contribution in [0.15, 0.2) is 18.2 Å². The van der Waals surface area contributed by atoms with Crippen molar-refractivity contribution in [2.45, 2.75) is 32.9 Å². The number of carbonyl (C=O) groups excluding carboxylic acids is 2. The number of nitrogens with zero attached hydrogens (tertiary/aromatic N) is 1. The second kappa shape index (κ2) is 6.65. The molecule has 1 aromatic rings. The summed E-state index contributed by atoms with van der Waals surface area (Å²) in [4.78, 5) is 32.8. The van der Waals surface area contributed by atoms with E-state index in [1.54, 1.807) is 6.92 Å². The molecule has 20 heavy (non-hydrogen) atoms. The lowest BCUT2D eigenvalue weighted by atomic mass is 10.1. The molecule has 1 aromatic carbocycles. The average molecular weight is 279 g/mol. The largest absolute Gasteiger partial charge is 0.368 e. The van der Waals surface area contributed by atoms with Crippen LogP contribution in [0.25, 0.3) is 0 Å². The third kappa shape index (κ3) is 4.04. The first-order chi connectivity index (χ1) is 9.35. The maximum Gasteiger partial charge on any atom is 0.293 e. The van der Waals surface area contributed by atoms with Crippen LogP contribution in [0.5, 0.6) is 0 Å². The summed E-state index contributed by atoms with van der Waals surface area (Å²) in [6, 6.07) is 3.40. The Balaban J connectivity index is 2.94. The summed E-state index contributed by atoms with van der Waals surface area (Å²) in [6.07, 6.45) is 0.533. The number of anilines is 1. The predicted octanol–water partition coefficient (Wildman–Crippen LogP) is 1.73. The first kappa shape index (κ1) is 15.6. The van der Waals surface area contributed by atoms with E-state index in [9.17, 15) is 19.7 Å². The molecule has 0 radical (unpaired) electrons. The lowest BCUT2D eigenvalue weighted by molar-refractivity contribution is -0.384. The molecular weight excluding hydrogens is 262 g/mol. The van der Waals surface area contributed by atoms with Crippen molar-refractivity contribution in [3.05, 3.63) is 33.9 Å². The molecule has 2 N–H and O–H groups in total. The van der Waals surface area contributed by atoms with Crippen LogP contribution >= 0.6 is 0 Å². The number of nitro groups is 1. The van der Waals surface area contributed by atoms with Crippen molar-refractivity contribution in [3.63, 3.8) is 0 Å². The molecule has 1 amide bonds. The van der Waals surface area contributed by atoms with Gasteiger partial charge in [-0.1, -0.05) is 0 Å². The molecule has 7 heteroatoms. The van der Waals surface area contributed by atoms with E-state index in [1.165, 1.54) is 18.2 Å². The number of nitro benzene ring substituents is 1. The highest BCUT2D eigenvalue weighted by Crippen LogP contribution is 2.25. The Kier molecular flexibility index (Phi) is 5.19. The quantitative estimate of drug-likeness (QED) is 0.469. The van der Waals surface area contributed by atoms with Crippen molar-refractivity contribution in [1.29, 1.82) is 0 Å². The molecule has 0 aliphatic rings. The Morgan fingerprint density at radius 3 is 2.50 bits per heavy atom. The van der Waals surface area contributed by atoms with Gasteiger partial charge in [0.05, 0.1) is 4.92 Å². The number of amides is 1. The van der Waals surface area contributed by atoms with E-state index in [2.05, 4.69) is 10.6 Å². The second-order valence-electron chi connectivity index (χ2n) is 4.68. The number of hydrogen-bond acceptors (Lipinski definition) is 5. The number of benzene rings is 1. The summed E-state index contributed by atoms with van der Waals surface area (Å²) in [7, 11) is 0. The van der Waals surface area contributed by atoms with Crippen molar-refractivity contribution in [3.8, 4) is 0 Å². The van der Waals surface area contributed by atoms with Gasteiger partial charge in [0.15, 0.2) is 0 Å². The Hall–Kier alpha value is -2.44. The Morgan fingerprint density at radius 2 is 2.00 bits per heavy atom. The maximum absolute atomic E-state index is 11.8. The highest BCUT2D eigenvalue weighted by atomic mass is 16.6. The molecule has 0 saturated heterocycles. The third-order valence-electron chi connectivity index (χ3n) is 2.55. The van der Waals surface area contributed by atoms with Gasteiger partial charge < -0.3 is 10.6 Å². The Bertz CT molecular complexity index is 528. The van der Waals surface area contributed by atoms with E-state index >= 15 is 0 Å². The van der Waals surface area contributed by atoms with E-state index in [1.807, 2.05) is 13.8 Å². The molecule has 0 heterocycles. The molecule has 0 bridgehead atoms. The zero-order valence-corrected chi connectivity index (χ0v) is 11.5. The number of rotatable bonds is 6. The van der Waals surface area contributed by atoms with Gasteiger partial charge in [-0.3, -0.25) is 19.7 Å². The zero-order valence-electron chi connectivity index (χ0n) is 11.5. The summed E-state index contributed by atoms with van der Waals surface area (Å²) in [6.45, 7) is 5.26. The topological polar surface area (TPSA) is 101 Å². The smallest absolute Gasteiger partial charge is 0.293 e. The number of carbonyl (C=O) groups is 2. The second-order valence-corrected chi connectivity index (χ2v) is 4.68. The van der Waals surface area contributed by atoms with Crippen LogP contribution in [0, 0.1) is 10.1 Å². The van der Waals surface area contributed by atoms with E-state index in [0.29, 0.717) is 6.29 Å². The van der Waals surface area contributed by atoms with Gasteiger partial charge in [0.1, 0.15) is 18.0 Å². The molecule has 0 aliphatic carbocycles. The first-order valence-corrected chi connectivity index (χ1v) is 6.15. The van der Waals surface area contributed by atoms with Crippen molar-refractivity contribution >= 4 is 23.6 Å². The van der Waals surface area contributed by atoms with Gasteiger partial charge in [0.2, 0.25) is 5.91 Å². The first-order valence-electron chi connectivity index (χ1n) is 6.15. The third-order valence-corrected chi connectivity index (χ3v) is 2.55. The summed E-state index contributed by atoms with van der Waals surface area (Å²) >= 11 is 0. The number of aldehydes is 1. The SMILES string of the molecule is CC(C)NC(=O)C(C)Nc1ccc(C=O)cc1[N+](=O)[O-]. The molecular formula is C13H17N3O4. The number of nitrogens with one attached hydrogen (secondary N) is 2. The van der Waals surface area contributed by atoms with Gasteiger partial charge in [-0.2, -0.15) is 0 Å². The lowest BCUT2D eigenvalue weighted by Crippen LogP contribution is -2.41. The fourth-order valence-electron chi connectivity index (χ4n) is 1.60. The predicted molar refractivity (Wildman–Crippen MR) is 74.8 cm³/mol. The molecule has 0 spiro atoms. The summed E-state index contributed by atoms with van der Waals surface area (Å²) < 4.78 is 0. The van der Waals surface area contributed by atoms with Gasteiger partial charge in [0.25, 0.3) is 5.69 Å². The van der Waals surface area contributed by atoms with E-state index in [-0.39, 0.29) is 28.9 Å². The molecule has 0 aliphatic heterocycles. The average Bonchev–Trinajstić information content (AvgIpc) is 2.37. The molecule has 108 valence electrons. The highest BCUT2D eigenvalue weighted by molar-refractivity contribution is 5.86. The van der Waals surface area contributed by atoms with Gasteiger partial charge in [-0.05, 0) is 32.9 Å². The normalized spacial score (nSPS) is 11.8. The standard InChI is InChI=1S/C13H17N3O4/c1-8(2)14-13(18)9(3)15-11-5-4-10(7-17)6-12(11)16(19)20/h4-9,15H,1-3H3,(H,14,18). The van der Waals surface area contributed by atoms with Gasteiger partial charge in [-0.25, -0.2) is 0 Å². The van der Waals surface area contributed by atoms with E-state index in [0.717, 1.165) is 0 Å². The fraction of sp³-hybridized carbons (Fsp3) is 0.385. The fourth-order valence-corrected chi connectivity index (χ4v) is 1.60. The molecule has 0 fully saturated rings. The van der Waals surface area contributed by atoms with Crippen LogP contribution in [0.3, 0.4) is 0 Å². The highest BCUT2D eigenvalue weighted by Gasteiger charge is 2.19. The van der Waals surface area contributed by atoms with Gasteiger partial charge in [-0.15, -0.1) is 0 Å². The van der Waals surface area contributed by atoms with Crippen LogP contribution in [0.2, 0.25) is 0 Å². The van der Waals surface area contributed by atoms with Crippen molar-refractivity contribution in [2.75, 3.05) is 5.32 Å². The molecule has 7 nitrogen and oxygen atoms in total. The molecule has 1 atom stereocenters. The van der Waals surface area contributed by atoms with Crippen LogP contribution in [-0.4, -0.2) is 29.2 Å². The van der Waals surface area contributed by atoms with Crippen LogP contribution < -0.4 is 10.6 Å². The van der Waals surface area contributed by atoms with E-state index in [4.69, 9.17) is 0 Å². The maximum atomic E-state index is 11.8. The molecule has 0 aromatic heterocycles. The minimum absolute atomic E-state index is 0.0147. The lowest BCUT2D eigenvalue weighted by Gasteiger charge is -2.17. The minimum Gasteiger partial charge on any atom is -0.368 e. The van der Waals surface area contributed by atoms with E-state index < -0.39 is 11.0 Å². The van der Waals surface area contributed by atoms with Crippen LogP contribution in [0.1, 0.15) is 31.1 Å². The Morgan fingerprint density at radius 1 is 1.35 bits per heavy atom. The van der Waals surface area contributed by atoms with Crippen LogP contribution in [0.4, 0.5) is 11.4 Å². The summed E-state index contributed by atoms with van der Waals surface area (Å²) in [5.41, 5.74) is 0.173. The molecule has 1 unspecified atom stereocenters. The van der Waals surface area contributed by atoms with Gasteiger partial charge in [0, 0.05) is 17.7 Å². The Labute approximate surface area is 116 Å². The monoisotopic (exact) mass is 279 g/mol. The summed E-state index contributed by atoms with van der Waals surface area (Å²) in [5.74, 6) is -0.256. The van der Waals surface area contributed by atoms with Crippen LogP contribution in [-0.2, 0) is 4.79 Å². The summed E-state index contributed by atoms with van der Waals surface area (Å²) in [5, 5.41) is 16.5. The zero-order chi connectivity index (χ0) is 15.3. The molecule has 0 saturated carbocycles. The van der Waals surface area contributed by atoms with Gasteiger partial charge >= 0.3 is 0 Å².